The molecule has 0 bridgehead atoms. The van der Waals surface area contributed by atoms with E-state index in [-0.39, 0.29) is 11.9 Å². The molecule has 0 unspecified atom stereocenters. The van der Waals surface area contributed by atoms with Crippen LogP contribution in [-0.2, 0) is 6.54 Å². The number of carbonyl (C=O) groups excluding carboxylic acids is 1. The Balaban J connectivity index is 1.31. The molecule has 3 N–H and O–H groups in total. The van der Waals surface area contributed by atoms with Crippen LogP contribution in [0.25, 0.3) is 16.8 Å². The Kier molecular flexibility index (Phi) is 5.60. The molecule has 0 atom stereocenters. The number of pyridine rings is 3. The lowest BCUT2D eigenvalue weighted by molar-refractivity contribution is 0.0950. The molecule has 1 fully saturated rings. The molecule has 33 heavy (non-hydrogen) atoms. The zero-order chi connectivity index (χ0) is 22.8. The number of ether oxygens (including phenoxy) is 1. The monoisotopic (exact) mass is 443 g/mol. The Morgan fingerprint density at radius 2 is 2.15 bits per heavy atom. The number of nitrogens with two attached hydrogens (primary N) is 1. The minimum absolute atomic E-state index is 0.210. The van der Waals surface area contributed by atoms with Crippen LogP contribution < -0.4 is 15.8 Å². The second kappa shape index (κ2) is 8.85. The summed E-state index contributed by atoms with van der Waals surface area (Å²) < 4.78 is 7.52. The Hall–Kier alpha value is -4.01. The number of nitrogen functional groups attached to an aromatic ring is 1. The molecule has 1 saturated carbocycles. The summed E-state index contributed by atoms with van der Waals surface area (Å²) in [5.74, 6) is 1.18. The lowest BCUT2D eigenvalue weighted by atomic mass is 9.86. The Bertz CT molecular complexity index is 1310. The highest BCUT2D eigenvalue weighted by molar-refractivity contribution is 5.95. The third-order valence-corrected chi connectivity index (χ3v) is 5.98. The molecule has 4 aromatic rings. The van der Waals surface area contributed by atoms with Crippen LogP contribution in [0.5, 0.6) is 5.88 Å². The summed E-state index contributed by atoms with van der Waals surface area (Å²) in [6, 6.07) is 9.36. The van der Waals surface area contributed by atoms with E-state index in [0.717, 1.165) is 22.4 Å². The van der Waals surface area contributed by atoms with Gasteiger partial charge in [-0.05, 0) is 55.5 Å². The third-order valence-electron chi connectivity index (χ3n) is 5.98. The quantitative estimate of drug-likeness (QED) is 0.450. The third kappa shape index (κ3) is 4.48. The molecule has 1 aliphatic carbocycles. The van der Waals surface area contributed by atoms with Gasteiger partial charge in [-0.25, -0.2) is 9.50 Å². The van der Waals surface area contributed by atoms with E-state index >= 15 is 0 Å². The van der Waals surface area contributed by atoms with E-state index in [1.54, 1.807) is 23.1 Å². The highest BCUT2D eigenvalue weighted by Gasteiger charge is 2.19. The number of hydrogen-bond acceptors (Lipinski definition) is 7. The van der Waals surface area contributed by atoms with Crippen LogP contribution in [-0.4, -0.2) is 37.1 Å². The van der Waals surface area contributed by atoms with E-state index in [2.05, 4.69) is 25.4 Å². The van der Waals surface area contributed by atoms with Crippen molar-refractivity contribution in [2.75, 3.05) is 12.3 Å². The van der Waals surface area contributed by atoms with Gasteiger partial charge in [0.15, 0.2) is 5.65 Å². The van der Waals surface area contributed by atoms with Crippen molar-refractivity contribution in [1.29, 1.82) is 0 Å². The first-order valence-corrected chi connectivity index (χ1v) is 11.0. The summed E-state index contributed by atoms with van der Waals surface area (Å²) >= 11 is 0. The predicted molar refractivity (Wildman–Crippen MR) is 124 cm³/mol. The Morgan fingerprint density at radius 1 is 1.27 bits per heavy atom. The van der Waals surface area contributed by atoms with Crippen molar-refractivity contribution in [3.8, 4) is 17.0 Å². The molecule has 4 heterocycles. The molecule has 1 aliphatic rings. The topological polar surface area (TPSA) is 120 Å². The molecule has 1 amide bonds. The van der Waals surface area contributed by atoms with Crippen LogP contribution in [0.15, 0.2) is 48.9 Å². The second-order valence-electron chi connectivity index (χ2n) is 8.30. The Labute approximate surface area is 191 Å². The van der Waals surface area contributed by atoms with Crippen LogP contribution in [0, 0.1) is 12.8 Å². The number of carbonyl (C=O) groups is 1. The van der Waals surface area contributed by atoms with Gasteiger partial charge in [-0.1, -0.05) is 12.5 Å². The molecule has 9 nitrogen and oxygen atoms in total. The lowest BCUT2D eigenvalue weighted by Crippen LogP contribution is -2.24. The number of amides is 1. The minimum Gasteiger partial charge on any atom is -0.477 e. The van der Waals surface area contributed by atoms with Gasteiger partial charge in [0.05, 0.1) is 12.2 Å². The second-order valence-corrected chi connectivity index (χ2v) is 8.30. The van der Waals surface area contributed by atoms with Crippen LogP contribution in [0.3, 0.4) is 0 Å². The summed E-state index contributed by atoms with van der Waals surface area (Å²) in [7, 11) is 0. The molecule has 0 aliphatic heterocycles. The smallest absolute Gasteiger partial charge is 0.253 e. The average Bonchev–Trinajstić information content (AvgIpc) is 3.16. The highest BCUT2D eigenvalue weighted by Crippen LogP contribution is 2.28. The van der Waals surface area contributed by atoms with Crippen LogP contribution in [0.1, 0.15) is 40.9 Å². The molecule has 9 heteroatoms. The van der Waals surface area contributed by atoms with Crippen LogP contribution in [0.4, 0.5) is 5.95 Å². The number of fused-ring (bicyclic) bond motifs is 1. The maximum atomic E-state index is 12.9. The van der Waals surface area contributed by atoms with Crippen LogP contribution >= 0.6 is 0 Å². The first kappa shape index (κ1) is 20.9. The van der Waals surface area contributed by atoms with Gasteiger partial charge in [0.25, 0.3) is 5.91 Å². The van der Waals surface area contributed by atoms with E-state index in [0.29, 0.717) is 36.2 Å². The van der Waals surface area contributed by atoms with Crippen molar-refractivity contribution >= 4 is 17.5 Å². The molecule has 4 aromatic heterocycles. The van der Waals surface area contributed by atoms with E-state index < -0.39 is 0 Å². The van der Waals surface area contributed by atoms with Gasteiger partial charge in [-0.3, -0.25) is 9.78 Å². The van der Waals surface area contributed by atoms with Crippen LogP contribution in [0.2, 0.25) is 0 Å². The van der Waals surface area contributed by atoms with Gasteiger partial charge in [0.1, 0.15) is 0 Å². The fourth-order valence-corrected chi connectivity index (χ4v) is 3.84. The standard InChI is InChI=1S/C24H25N7O2/c1-15-20(17-7-9-31-21(11-17)29-24(25)30-31)10-19(13-27-15)22(32)28-12-18-6-3-8-26-23(18)33-14-16-4-2-5-16/h3,6-11,13,16H,2,4-5,12,14H2,1H3,(H2,25,30)(H,28,32). The zero-order valence-corrected chi connectivity index (χ0v) is 18.4. The lowest BCUT2D eigenvalue weighted by Gasteiger charge is -2.25. The van der Waals surface area contributed by atoms with Gasteiger partial charge >= 0.3 is 0 Å². The molecule has 5 rings (SSSR count). The van der Waals surface area contributed by atoms with Crippen molar-refractivity contribution in [2.45, 2.75) is 32.7 Å². The number of aromatic nitrogens is 5. The van der Waals surface area contributed by atoms with Gasteiger partial charge < -0.3 is 15.8 Å². The zero-order valence-electron chi connectivity index (χ0n) is 18.4. The number of nitrogens with zero attached hydrogens (tertiary/aromatic N) is 5. The SMILES string of the molecule is Cc1ncc(C(=O)NCc2cccnc2OCC2CCC2)cc1-c1ccn2nc(N)nc2c1. The maximum absolute atomic E-state index is 12.9. The molecular formula is C24H25N7O2. The summed E-state index contributed by atoms with van der Waals surface area (Å²) in [6.45, 7) is 2.90. The first-order chi connectivity index (χ1) is 16.1. The minimum atomic E-state index is -0.217. The largest absolute Gasteiger partial charge is 0.477 e. The summed E-state index contributed by atoms with van der Waals surface area (Å²) in [5, 5.41) is 7.06. The fraction of sp³-hybridized carbons (Fsp3) is 0.292. The molecule has 168 valence electrons. The molecular weight excluding hydrogens is 418 g/mol. The highest BCUT2D eigenvalue weighted by atomic mass is 16.5. The molecule has 0 aromatic carbocycles. The molecule has 0 radical (unpaired) electrons. The fourth-order valence-electron chi connectivity index (χ4n) is 3.84. The van der Waals surface area contributed by atoms with Gasteiger partial charge in [0.2, 0.25) is 11.8 Å². The summed E-state index contributed by atoms with van der Waals surface area (Å²) in [5.41, 5.74) is 10.2. The number of anilines is 1. The number of rotatable bonds is 7. The van der Waals surface area contributed by atoms with Crippen molar-refractivity contribution in [3.05, 3.63) is 65.7 Å². The average molecular weight is 444 g/mol. The number of hydrogen-bond donors (Lipinski definition) is 2. The Morgan fingerprint density at radius 3 is 2.97 bits per heavy atom. The molecule has 0 spiro atoms. The van der Waals surface area contributed by atoms with E-state index in [9.17, 15) is 4.79 Å². The van der Waals surface area contributed by atoms with Gasteiger partial charge in [0, 0.05) is 42.0 Å². The van der Waals surface area contributed by atoms with Gasteiger partial charge in [-0.15, -0.1) is 5.10 Å². The molecule has 0 saturated heterocycles. The van der Waals surface area contributed by atoms with Crippen molar-refractivity contribution < 1.29 is 9.53 Å². The van der Waals surface area contributed by atoms with Crippen molar-refractivity contribution in [1.82, 2.24) is 29.9 Å². The first-order valence-electron chi connectivity index (χ1n) is 11.0. The number of nitrogens with one attached hydrogen (secondary N) is 1. The maximum Gasteiger partial charge on any atom is 0.253 e. The van der Waals surface area contributed by atoms with E-state index in [1.165, 1.54) is 19.3 Å². The normalized spacial score (nSPS) is 13.6. The summed E-state index contributed by atoms with van der Waals surface area (Å²) in [6.07, 6.45) is 8.76. The number of aryl methyl sites for hydroxylation is 1. The van der Waals surface area contributed by atoms with Crippen molar-refractivity contribution in [2.24, 2.45) is 5.92 Å². The van der Waals surface area contributed by atoms with Gasteiger partial charge in [-0.2, -0.15) is 4.98 Å². The van der Waals surface area contributed by atoms with E-state index in [1.807, 2.05) is 37.3 Å². The van der Waals surface area contributed by atoms with E-state index in [4.69, 9.17) is 10.5 Å². The summed E-state index contributed by atoms with van der Waals surface area (Å²) in [4.78, 5) is 25.9. The van der Waals surface area contributed by atoms with Crippen molar-refractivity contribution in [3.63, 3.8) is 0 Å². The predicted octanol–water partition coefficient (Wildman–Crippen LogP) is 3.19.